The minimum atomic E-state index is 0.474. The summed E-state index contributed by atoms with van der Waals surface area (Å²) in [5, 5.41) is 1.55. The van der Waals surface area contributed by atoms with E-state index >= 15 is 0 Å². The van der Waals surface area contributed by atoms with Gasteiger partial charge in [-0.1, -0.05) is 6.92 Å². The number of aromatic amines is 1. The molecule has 0 atom stereocenters. The highest BCUT2D eigenvalue weighted by atomic mass is 32.2. The molecule has 0 bridgehead atoms. The Hall–Kier alpha value is -2.28. The number of aryl methyl sites for hydroxylation is 1. The van der Waals surface area contributed by atoms with Crippen LogP contribution in [0.25, 0.3) is 11.0 Å². The number of imidazole rings is 1. The molecule has 3 aromatic rings. The van der Waals surface area contributed by atoms with E-state index in [4.69, 9.17) is 10.5 Å². The van der Waals surface area contributed by atoms with Crippen molar-refractivity contribution in [1.29, 1.82) is 0 Å². The van der Waals surface area contributed by atoms with E-state index in [1.807, 2.05) is 25.1 Å². The fourth-order valence-corrected chi connectivity index (χ4v) is 2.78. The Morgan fingerprint density at radius 1 is 1.24 bits per heavy atom. The van der Waals surface area contributed by atoms with Gasteiger partial charge in [-0.05, 0) is 23.9 Å². The van der Waals surface area contributed by atoms with E-state index in [0.29, 0.717) is 5.82 Å². The van der Waals surface area contributed by atoms with Gasteiger partial charge >= 0.3 is 0 Å². The largest absolute Gasteiger partial charge is 0.497 e. The Bertz CT molecular complexity index is 786. The molecule has 0 fully saturated rings. The number of nitrogens with two attached hydrogens (primary N) is 1. The van der Waals surface area contributed by atoms with Crippen LogP contribution in [-0.2, 0) is 6.42 Å². The molecule has 0 amide bonds. The lowest BCUT2D eigenvalue weighted by Gasteiger charge is -2.02. The molecule has 0 spiro atoms. The maximum Gasteiger partial charge on any atom is 0.172 e. The summed E-state index contributed by atoms with van der Waals surface area (Å²) < 4.78 is 5.20. The average Bonchev–Trinajstić information content (AvgIpc) is 2.87. The minimum absolute atomic E-state index is 0.474. The van der Waals surface area contributed by atoms with Gasteiger partial charge in [-0.3, -0.25) is 0 Å². The van der Waals surface area contributed by atoms with Crippen molar-refractivity contribution in [2.75, 3.05) is 12.8 Å². The highest BCUT2D eigenvalue weighted by Gasteiger charge is 2.08. The van der Waals surface area contributed by atoms with E-state index in [-0.39, 0.29) is 0 Å². The van der Waals surface area contributed by atoms with Crippen molar-refractivity contribution in [2.24, 2.45) is 0 Å². The Balaban J connectivity index is 1.92. The predicted octanol–water partition coefficient (Wildman–Crippen LogP) is 2.66. The molecule has 6 nitrogen and oxygen atoms in total. The van der Waals surface area contributed by atoms with Crippen LogP contribution in [0, 0.1) is 0 Å². The van der Waals surface area contributed by atoms with Gasteiger partial charge in [0.1, 0.15) is 22.4 Å². The molecular weight excluding hydrogens is 286 g/mol. The molecule has 0 unspecified atom stereocenters. The maximum atomic E-state index is 5.79. The molecule has 2 aromatic heterocycles. The molecule has 1 aromatic carbocycles. The third-order valence-corrected chi connectivity index (χ3v) is 3.76. The number of rotatable bonds is 4. The van der Waals surface area contributed by atoms with Crippen LogP contribution in [0.1, 0.15) is 12.7 Å². The summed E-state index contributed by atoms with van der Waals surface area (Å²) in [5.41, 5.74) is 7.60. The molecule has 0 aliphatic heterocycles. The number of nitrogens with zero attached hydrogens (tertiary/aromatic N) is 3. The smallest absolute Gasteiger partial charge is 0.172 e. The van der Waals surface area contributed by atoms with Crippen molar-refractivity contribution < 1.29 is 4.74 Å². The van der Waals surface area contributed by atoms with Crippen LogP contribution >= 0.6 is 11.8 Å². The second kappa shape index (κ2) is 5.61. The first-order valence-corrected chi connectivity index (χ1v) is 7.34. The van der Waals surface area contributed by atoms with Crippen LogP contribution in [0.15, 0.2) is 34.4 Å². The first-order valence-electron chi connectivity index (χ1n) is 6.53. The van der Waals surface area contributed by atoms with Gasteiger partial charge in [0.15, 0.2) is 5.16 Å². The third kappa shape index (κ3) is 2.92. The summed E-state index contributed by atoms with van der Waals surface area (Å²) in [5.74, 6) is 2.00. The number of fused-ring (bicyclic) bond motifs is 1. The number of benzene rings is 1. The average molecular weight is 301 g/mol. The zero-order valence-corrected chi connectivity index (χ0v) is 12.6. The second-order valence-corrected chi connectivity index (χ2v) is 5.44. The standard InChI is InChI=1S/C14H15N5OS/c1-3-12-18-11(15)7-13(19-12)21-14-16-9-5-4-8(20-2)6-10(9)17-14/h4-7H,3H2,1-2H3,(H,16,17)(H2,15,18,19). The van der Waals surface area contributed by atoms with Crippen LogP contribution in [-0.4, -0.2) is 27.0 Å². The number of nitrogens with one attached hydrogen (secondary N) is 1. The van der Waals surface area contributed by atoms with Gasteiger partial charge in [-0.15, -0.1) is 0 Å². The summed E-state index contributed by atoms with van der Waals surface area (Å²) in [4.78, 5) is 16.4. The van der Waals surface area contributed by atoms with Crippen LogP contribution in [0.4, 0.5) is 5.82 Å². The molecule has 3 rings (SSSR count). The van der Waals surface area contributed by atoms with E-state index in [1.165, 1.54) is 11.8 Å². The second-order valence-electron chi connectivity index (χ2n) is 4.43. The number of ether oxygens (including phenoxy) is 1. The third-order valence-electron chi connectivity index (χ3n) is 2.95. The summed E-state index contributed by atoms with van der Waals surface area (Å²) in [7, 11) is 1.64. The highest BCUT2D eigenvalue weighted by molar-refractivity contribution is 7.99. The summed E-state index contributed by atoms with van der Waals surface area (Å²) in [6, 6.07) is 7.46. The predicted molar refractivity (Wildman–Crippen MR) is 82.6 cm³/mol. The number of H-pyrrole nitrogens is 1. The van der Waals surface area contributed by atoms with Crippen LogP contribution < -0.4 is 10.5 Å². The molecular formula is C14H15N5OS. The maximum absolute atomic E-state index is 5.79. The van der Waals surface area contributed by atoms with E-state index in [9.17, 15) is 0 Å². The fraction of sp³-hybridized carbons (Fsp3) is 0.214. The summed E-state index contributed by atoms with van der Waals surface area (Å²) >= 11 is 1.43. The first kappa shape index (κ1) is 13.7. The number of nitrogen functional groups attached to an aromatic ring is 1. The van der Waals surface area contributed by atoms with Crippen LogP contribution in [0.3, 0.4) is 0 Å². The Kier molecular flexibility index (Phi) is 3.66. The first-order chi connectivity index (χ1) is 10.2. The SMILES string of the molecule is CCc1nc(N)cc(Sc2nc3ccc(OC)cc3[nH]2)n1. The van der Waals surface area contributed by atoms with Gasteiger partial charge in [0.25, 0.3) is 0 Å². The molecule has 0 aliphatic carbocycles. The zero-order valence-electron chi connectivity index (χ0n) is 11.8. The van der Waals surface area contributed by atoms with Gasteiger partial charge in [0.05, 0.1) is 18.1 Å². The molecule has 0 radical (unpaired) electrons. The monoisotopic (exact) mass is 301 g/mol. The number of methoxy groups -OCH3 is 1. The molecule has 21 heavy (non-hydrogen) atoms. The van der Waals surface area contributed by atoms with E-state index in [1.54, 1.807) is 13.2 Å². The highest BCUT2D eigenvalue weighted by Crippen LogP contribution is 2.28. The molecule has 0 aliphatic rings. The molecule has 3 N–H and O–H groups in total. The topological polar surface area (TPSA) is 89.7 Å². The van der Waals surface area contributed by atoms with E-state index < -0.39 is 0 Å². The Labute approximate surface area is 126 Å². The van der Waals surface area contributed by atoms with Crippen molar-refractivity contribution in [3.05, 3.63) is 30.1 Å². The Morgan fingerprint density at radius 2 is 2.10 bits per heavy atom. The van der Waals surface area contributed by atoms with Crippen LogP contribution in [0.5, 0.6) is 5.75 Å². The summed E-state index contributed by atoms with van der Waals surface area (Å²) in [6.07, 6.45) is 0.746. The minimum Gasteiger partial charge on any atom is -0.497 e. The fourth-order valence-electron chi connectivity index (χ4n) is 1.94. The number of anilines is 1. The van der Waals surface area contributed by atoms with Gasteiger partial charge in [-0.25, -0.2) is 15.0 Å². The van der Waals surface area contributed by atoms with Crippen LogP contribution in [0.2, 0.25) is 0 Å². The lowest BCUT2D eigenvalue weighted by molar-refractivity contribution is 0.415. The molecule has 2 heterocycles. The van der Waals surface area contributed by atoms with Crippen molar-refractivity contribution in [1.82, 2.24) is 19.9 Å². The lowest BCUT2D eigenvalue weighted by atomic mass is 10.3. The molecule has 7 heteroatoms. The van der Waals surface area contributed by atoms with Gasteiger partial charge in [0, 0.05) is 18.6 Å². The number of hydrogen-bond acceptors (Lipinski definition) is 6. The van der Waals surface area contributed by atoms with E-state index in [0.717, 1.165) is 39.2 Å². The van der Waals surface area contributed by atoms with Crippen molar-refractivity contribution in [3.63, 3.8) is 0 Å². The van der Waals surface area contributed by atoms with Crippen molar-refractivity contribution >= 4 is 28.6 Å². The summed E-state index contributed by atoms with van der Waals surface area (Å²) in [6.45, 7) is 2.00. The van der Waals surface area contributed by atoms with Gasteiger partial charge in [-0.2, -0.15) is 0 Å². The Morgan fingerprint density at radius 3 is 2.86 bits per heavy atom. The van der Waals surface area contributed by atoms with Gasteiger partial charge in [0.2, 0.25) is 0 Å². The lowest BCUT2D eigenvalue weighted by Crippen LogP contribution is -1.99. The molecule has 0 saturated heterocycles. The zero-order chi connectivity index (χ0) is 14.8. The molecule has 0 saturated carbocycles. The molecule has 108 valence electrons. The van der Waals surface area contributed by atoms with E-state index in [2.05, 4.69) is 19.9 Å². The normalized spacial score (nSPS) is 11.0. The number of aromatic nitrogens is 4. The number of hydrogen-bond donors (Lipinski definition) is 2. The van der Waals surface area contributed by atoms with Gasteiger partial charge < -0.3 is 15.5 Å². The van der Waals surface area contributed by atoms with Crippen molar-refractivity contribution in [3.8, 4) is 5.75 Å². The van der Waals surface area contributed by atoms with Crippen molar-refractivity contribution in [2.45, 2.75) is 23.5 Å². The quantitative estimate of drug-likeness (QED) is 0.720.